The monoisotopic (exact) mass is 406 g/mol. The van der Waals surface area contributed by atoms with E-state index in [1.54, 1.807) is 18.3 Å². The highest BCUT2D eigenvalue weighted by molar-refractivity contribution is 7.89. The molecule has 150 valence electrons. The van der Waals surface area contributed by atoms with Crippen LogP contribution in [0.1, 0.15) is 18.4 Å². The first-order chi connectivity index (χ1) is 13.4. The number of pyridine rings is 1. The lowest BCUT2D eigenvalue weighted by Crippen LogP contribution is -2.29. The van der Waals surface area contributed by atoms with E-state index < -0.39 is 16.1 Å². The van der Waals surface area contributed by atoms with Crippen molar-refractivity contribution in [3.63, 3.8) is 0 Å². The van der Waals surface area contributed by atoms with Crippen LogP contribution in [0.4, 0.5) is 10.5 Å². The third-order valence-corrected chi connectivity index (χ3v) is 5.63. The van der Waals surface area contributed by atoms with Crippen LogP contribution in [0.25, 0.3) is 0 Å². The smallest absolute Gasteiger partial charge is 0.319 e. The fraction of sp³-hybridized carbons (Fsp3) is 0.333. The first kappa shape index (κ1) is 19.9. The molecule has 0 atom stereocenters. The van der Waals surface area contributed by atoms with Crippen molar-refractivity contribution < 1.29 is 22.7 Å². The predicted octanol–water partition coefficient (Wildman–Crippen LogP) is 1.86. The van der Waals surface area contributed by atoms with E-state index in [-0.39, 0.29) is 23.2 Å². The Morgan fingerprint density at radius 3 is 2.68 bits per heavy atom. The quantitative estimate of drug-likeness (QED) is 0.616. The number of hydrogen-bond donors (Lipinski definition) is 3. The summed E-state index contributed by atoms with van der Waals surface area (Å²) in [5.74, 6) is 0.763. The summed E-state index contributed by atoms with van der Waals surface area (Å²) in [5, 5.41) is 5.31. The van der Waals surface area contributed by atoms with E-state index in [0.29, 0.717) is 17.2 Å². The summed E-state index contributed by atoms with van der Waals surface area (Å²) in [6.45, 7) is 0.187. The van der Waals surface area contributed by atoms with Gasteiger partial charge in [0.1, 0.15) is 5.75 Å². The van der Waals surface area contributed by atoms with Crippen LogP contribution in [-0.2, 0) is 16.6 Å². The van der Waals surface area contributed by atoms with Crippen LogP contribution in [0.15, 0.2) is 41.4 Å². The molecule has 0 bridgehead atoms. The molecule has 1 aliphatic carbocycles. The van der Waals surface area contributed by atoms with Crippen LogP contribution >= 0.6 is 0 Å². The van der Waals surface area contributed by atoms with E-state index in [2.05, 4.69) is 20.3 Å². The Kier molecular flexibility index (Phi) is 6.00. The van der Waals surface area contributed by atoms with Gasteiger partial charge in [-0.05, 0) is 37.1 Å². The lowest BCUT2D eigenvalue weighted by atomic mass is 10.2. The third-order valence-electron chi connectivity index (χ3n) is 4.11. The van der Waals surface area contributed by atoms with Crippen molar-refractivity contribution in [1.82, 2.24) is 15.0 Å². The van der Waals surface area contributed by atoms with Crippen LogP contribution in [0.3, 0.4) is 0 Å². The molecule has 10 heteroatoms. The topological polar surface area (TPSA) is 119 Å². The maximum atomic E-state index is 12.4. The van der Waals surface area contributed by atoms with Gasteiger partial charge < -0.3 is 20.1 Å². The van der Waals surface area contributed by atoms with Crippen LogP contribution < -0.4 is 24.8 Å². The molecular weight excluding hydrogens is 384 g/mol. The van der Waals surface area contributed by atoms with Crippen LogP contribution in [0.5, 0.6) is 11.6 Å². The molecule has 1 saturated carbocycles. The highest BCUT2D eigenvalue weighted by Gasteiger charge is 2.28. The Morgan fingerprint density at radius 2 is 2.00 bits per heavy atom. The molecule has 3 N–H and O–H groups in total. The Morgan fingerprint density at radius 1 is 1.21 bits per heavy atom. The minimum atomic E-state index is -3.65. The van der Waals surface area contributed by atoms with Gasteiger partial charge in [-0.1, -0.05) is 6.07 Å². The van der Waals surface area contributed by atoms with E-state index in [1.807, 2.05) is 0 Å². The molecule has 1 heterocycles. The van der Waals surface area contributed by atoms with Crippen molar-refractivity contribution >= 4 is 21.7 Å². The van der Waals surface area contributed by atoms with Gasteiger partial charge in [0.15, 0.2) is 0 Å². The second kappa shape index (κ2) is 8.44. The van der Waals surface area contributed by atoms with Gasteiger partial charge in [-0.2, -0.15) is 0 Å². The number of aromatic nitrogens is 1. The second-order valence-electron chi connectivity index (χ2n) is 6.24. The number of urea groups is 1. The number of nitrogens with one attached hydrogen (secondary N) is 3. The molecule has 0 radical (unpaired) electrons. The highest BCUT2D eigenvalue weighted by atomic mass is 32.2. The molecule has 3 rings (SSSR count). The number of hydrogen-bond acceptors (Lipinski definition) is 6. The molecule has 28 heavy (non-hydrogen) atoms. The Hall–Kier alpha value is -2.85. The van der Waals surface area contributed by atoms with Crippen molar-refractivity contribution in [1.29, 1.82) is 0 Å². The summed E-state index contributed by atoms with van der Waals surface area (Å²) in [7, 11) is -0.708. The Labute approximate surface area is 163 Å². The zero-order valence-corrected chi connectivity index (χ0v) is 16.4. The number of methoxy groups -OCH3 is 2. The van der Waals surface area contributed by atoms with Crippen molar-refractivity contribution in [2.45, 2.75) is 30.3 Å². The van der Waals surface area contributed by atoms with E-state index >= 15 is 0 Å². The standard InChI is InChI=1S/C18H22N4O5S/c1-26-16-8-7-14(28(24,25)22-13-5-6-13)10-15(16)21-18(23)20-11-12-4-3-9-19-17(12)27-2/h3-4,7-10,13,22H,5-6,11H2,1-2H3,(H2,20,21,23). The number of ether oxygens (including phenoxy) is 2. The summed E-state index contributed by atoms with van der Waals surface area (Å²) < 4.78 is 37.8. The number of rotatable bonds is 8. The molecule has 1 aromatic heterocycles. The molecule has 0 saturated heterocycles. The van der Waals surface area contributed by atoms with Crippen LogP contribution in [-0.4, -0.2) is 39.7 Å². The van der Waals surface area contributed by atoms with Gasteiger partial charge in [-0.25, -0.2) is 22.9 Å². The number of carbonyl (C=O) groups excluding carboxylic acids is 1. The number of amides is 2. The normalized spacial score (nSPS) is 13.6. The van der Waals surface area contributed by atoms with Crippen molar-refractivity contribution in [3.05, 3.63) is 42.1 Å². The summed E-state index contributed by atoms with van der Waals surface area (Å²) in [6, 6.07) is 7.29. The van der Waals surface area contributed by atoms with Gasteiger partial charge in [0, 0.05) is 24.3 Å². The lowest BCUT2D eigenvalue weighted by Gasteiger charge is -2.14. The molecule has 0 spiro atoms. The zero-order valence-electron chi connectivity index (χ0n) is 15.6. The minimum Gasteiger partial charge on any atom is -0.495 e. The number of carbonyl (C=O) groups is 1. The highest BCUT2D eigenvalue weighted by Crippen LogP contribution is 2.29. The molecule has 1 aliphatic rings. The number of anilines is 1. The summed E-state index contributed by atoms with van der Waals surface area (Å²) in [4.78, 5) is 16.4. The maximum Gasteiger partial charge on any atom is 0.319 e. The minimum absolute atomic E-state index is 0.0127. The Balaban J connectivity index is 1.71. The summed E-state index contributed by atoms with van der Waals surface area (Å²) in [5.41, 5.74) is 0.953. The molecule has 9 nitrogen and oxygen atoms in total. The number of nitrogens with zero attached hydrogens (tertiary/aromatic N) is 1. The largest absolute Gasteiger partial charge is 0.495 e. The van der Waals surface area contributed by atoms with Crippen LogP contribution in [0, 0.1) is 0 Å². The average Bonchev–Trinajstić information content (AvgIpc) is 3.49. The van der Waals surface area contributed by atoms with Gasteiger partial charge in [0.2, 0.25) is 15.9 Å². The van der Waals surface area contributed by atoms with Crippen molar-refractivity contribution in [2.24, 2.45) is 0 Å². The van der Waals surface area contributed by atoms with Gasteiger partial charge in [-0.15, -0.1) is 0 Å². The molecule has 2 aromatic rings. The fourth-order valence-corrected chi connectivity index (χ4v) is 3.86. The SMILES string of the molecule is COc1ccc(S(=O)(=O)NC2CC2)cc1NC(=O)NCc1cccnc1OC. The zero-order chi connectivity index (χ0) is 20.1. The van der Waals surface area contributed by atoms with Crippen molar-refractivity contribution in [2.75, 3.05) is 19.5 Å². The predicted molar refractivity (Wildman–Crippen MR) is 103 cm³/mol. The van der Waals surface area contributed by atoms with Gasteiger partial charge >= 0.3 is 6.03 Å². The van der Waals surface area contributed by atoms with Gasteiger partial charge in [0.05, 0.1) is 24.8 Å². The molecule has 2 amide bonds. The Bertz CT molecular complexity index is 960. The number of sulfonamides is 1. The van der Waals surface area contributed by atoms with Gasteiger partial charge in [-0.3, -0.25) is 0 Å². The van der Waals surface area contributed by atoms with Gasteiger partial charge in [0.25, 0.3) is 0 Å². The number of benzene rings is 1. The molecule has 1 fully saturated rings. The first-order valence-corrected chi connectivity index (χ1v) is 10.1. The van der Waals surface area contributed by atoms with E-state index in [1.165, 1.54) is 32.4 Å². The maximum absolute atomic E-state index is 12.4. The first-order valence-electron chi connectivity index (χ1n) is 8.66. The van der Waals surface area contributed by atoms with Crippen molar-refractivity contribution in [3.8, 4) is 11.6 Å². The summed E-state index contributed by atoms with van der Waals surface area (Å²) in [6.07, 6.45) is 3.26. The third kappa shape index (κ3) is 4.90. The summed E-state index contributed by atoms with van der Waals surface area (Å²) >= 11 is 0. The fourth-order valence-electron chi connectivity index (χ4n) is 2.53. The van der Waals surface area contributed by atoms with E-state index in [0.717, 1.165) is 12.8 Å². The average molecular weight is 406 g/mol. The second-order valence-corrected chi connectivity index (χ2v) is 7.95. The van der Waals surface area contributed by atoms with E-state index in [9.17, 15) is 13.2 Å². The molecule has 1 aromatic carbocycles. The molecule has 0 unspecified atom stereocenters. The molecular formula is C18H22N4O5S. The van der Waals surface area contributed by atoms with Crippen LogP contribution in [0.2, 0.25) is 0 Å². The lowest BCUT2D eigenvalue weighted by molar-refractivity contribution is 0.251. The van der Waals surface area contributed by atoms with E-state index in [4.69, 9.17) is 9.47 Å². The molecule has 0 aliphatic heterocycles.